The molecule has 0 aliphatic rings. The SMILES string of the molecule is CCOCC(C)NCC(O)(CC)CC. The standard InChI is InChI=1S/C11H25NO2/c1-5-11(13,6-2)9-12-10(4)8-14-7-3/h10,12-13H,5-9H2,1-4H3. The lowest BCUT2D eigenvalue weighted by Crippen LogP contribution is -2.44. The summed E-state index contributed by atoms with van der Waals surface area (Å²) in [7, 11) is 0. The average molecular weight is 203 g/mol. The molecule has 0 spiro atoms. The molecule has 3 nitrogen and oxygen atoms in total. The third kappa shape index (κ3) is 5.58. The maximum Gasteiger partial charge on any atom is 0.0766 e. The second-order valence-corrected chi connectivity index (χ2v) is 3.87. The lowest BCUT2D eigenvalue weighted by Gasteiger charge is -2.27. The van der Waals surface area contributed by atoms with Gasteiger partial charge < -0.3 is 15.2 Å². The van der Waals surface area contributed by atoms with Gasteiger partial charge in [-0.15, -0.1) is 0 Å². The molecule has 0 fully saturated rings. The Morgan fingerprint density at radius 3 is 2.29 bits per heavy atom. The third-order valence-corrected chi connectivity index (χ3v) is 2.67. The van der Waals surface area contributed by atoms with Crippen molar-refractivity contribution < 1.29 is 9.84 Å². The van der Waals surface area contributed by atoms with Crippen LogP contribution in [-0.2, 0) is 4.74 Å². The number of ether oxygens (including phenoxy) is 1. The van der Waals surface area contributed by atoms with E-state index < -0.39 is 5.60 Å². The molecule has 0 radical (unpaired) electrons. The van der Waals surface area contributed by atoms with E-state index in [1.54, 1.807) is 0 Å². The van der Waals surface area contributed by atoms with Crippen LogP contribution in [0.1, 0.15) is 40.5 Å². The minimum Gasteiger partial charge on any atom is -0.389 e. The molecule has 86 valence electrons. The zero-order valence-electron chi connectivity index (χ0n) is 9.97. The Kier molecular flexibility index (Phi) is 7.15. The fraction of sp³-hybridized carbons (Fsp3) is 1.00. The van der Waals surface area contributed by atoms with Crippen molar-refractivity contribution in [2.24, 2.45) is 0 Å². The van der Waals surface area contributed by atoms with Gasteiger partial charge in [-0.2, -0.15) is 0 Å². The summed E-state index contributed by atoms with van der Waals surface area (Å²) >= 11 is 0. The van der Waals surface area contributed by atoms with Gasteiger partial charge in [0.25, 0.3) is 0 Å². The first kappa shape index (κ1) is 13.9. The monoisotopic (exact) mass is 203 g/mol. The van der Waals surface area contributed by atoms with Gasteiger partial charge in [-0.05, 0) is 26.7 Å². The van der Waals surface area contributed by atoms with Crippen LogP contribution in [0.3, 0.4) is 0 Å². The van der Waals surface area contributed by atoms with Gasteiger partial charge in [0.2, 0.25) is 0 Å². The first-order chi connectivity index (χ1) is 6.58. The molecule has 0 aromatic heterocycles. The second-order valence-electron chi connectivity index (χ2n) is 3.87. The largest absolute Gasteiger partial charge is 0.389 e. The predicted molar refractivity (Wildman–Crippen MR) is 59.5 cm³/mol. The minimum absolute atomic E-state index is 0.305. The van der Waals surface area contributed by atoms with E-state index in [-0.39, 0.29) is 0 Å². The third-order valence-electron chi connectivity index (χ3n) is 2.67. The van der Waals surface area contributed by atoms with Crippen LogP contribution in [0.15, 0.2) is 0 Å². The second kappa shape index (κ2) is 7.21. The number of hydrogen-bond donors (Lipinski definition) is 2. The van der Waals surface area contributed by atoms with E-state index in [1.807, 2.05) is 20.8 Å². The molecule has 2 N–H and O–H groups in total. The smallest absolute Gasteiger partial charge is 0.0766 e. The highest BCUT2D eigenvalue weighted by Gasteiger charge is 2.22. The molecule has 0 aromatic rings. The van der Waals surface area contributed by atoms with Gasteiger partial charge in [-0.1, -0.05) is 13.8 Å². The van der Waals surface area contributed by atoms with Crippen molar-refractivity contribution in [3.63, 3.8) is 0 Å². The number of rotatable bonds is 8. The van der Waals surface area contributed by atoms with Crippen LogP contribution in [0.4, 0.5) is 0 Å². The molecule has 0 aliphatic heterocycles. The molecule has 14 heavy (non-hydrogen) atoms. The average Bonchev–Trinajstić information content (AvgIpc) is 2.23. The van der Waals surface area contributed by atoms with Crippen LogP contribution < -0.4 is 5.32 Å². The Bertz CT molecular complexity index is 135. The molecule has 1 unspecified atom stereocenters. The summed E-state index contributed by atoms with van der Waals surface area (Å²) in [6.45, 7) is 10.2. The van der Waals surface area contributed by atoms with E-state index in [9.17, 15) is 5.11 Å². The van der Waals surface area contributed by atoms with Crippen LogP contribution >= 0.6 is 0 Å². The first-order valence-corrected chi connectivity index (χ1v) is 5.61. The van der Waals surface area contributed by atoms with Crippen LogP contribution in [0.5, 0.6) is 0 Å². The van der Waals surface area contributed by atoms with Crippen LogP contribution in [0, 0.1) is 0 Å². The summed E-state index contributed by atoms with van der Waals surface area (Å²) in [5.74, 6) is 0. The van der Waals surface area contributed by atoms with Crippen LogP contribution in [0.25, 0.3) is 0 Å². The molecule has 0 aromatic carbocycles. The van der Waals surface area contributed by atoms with Gasteiger partial charge in [0, 0.05) is 19.2 Å². The Hall–Kier alpha value is -0.120. The molecule has 0 aliphatic carbocycles. The van der Waals surface area contributed by atoms with Crippen molar-refractivity contribution in [2.45, 2.75) is 52.2 Å². The summed E-state index contributed by atoms with van der Waals surface area (Å²) in [5, 5.41) is 13.3. The Morgan fingerprint density at radius 2 is 1.86 bits per heavy atom. The van der Waals surface area contributed by atoms with E-state index in [0.29, 0.717) is 19.2 Å². The summed E-state index contributed by atoms with van der Waals surface area (Å²) in [5.41, 5.74) is -0.555. The zero-order valence-corrected chi connectivity index (χ0v) is 9.97. The zero-order chi connectivity index (χ0) is 11.0. The Morgan fingerprint density at radius 1 is 1.29 bits per heavy atom. The maximum absolute atomic E-state index is 10.00. The van der Waals surface area contributed by atoms with Crippen molar-refractivity contribution in [1.29, 1.82) is 0 Å². The Labute approximate surface area is 87.8 Å². The van der Waals surface area contributed by atoms with Crippen molar-refractivity contribution in [3.8, 4) is 0 Å². The molecule has 0 bridgehead atoms. The number of nitrogens with one attached hydrogen (secondary N) is 1. The van der Waals surface area contributed by atoms with E-state index in [0.717, 1.165) is 19.4 Å². The van der Waals surface area contributed by atoms with E-state index in [2.05, 4.69) is 12.2 Å². The van der Waals surface area contributed by atoms with Gasteiger partial charge in [0.05, 0.1) is 12.2 Å². The summed E-state index contributed by atoms with van der Waals surface area (Å²) in [6.07, 6.45) is 1.58. The van der Waals surface area contributed by atoms with E-state index in [4.69, 9.17) is 4.74 Å². The lowest BCUT2D eigenvalue weighted by molar-refractivity contribution is 0.0259. The van der Waals surface area contributed by atoms with Crippen molar-refractivity contribution in [2.75, 3.05) is 19.8 Å². The lowest BCUT2D eigenvalue weighted by atomic mass is 9.97. The van der Waals surface area contributed by atoms with Gasteiger partial charge in [-0.25, -0.2) is 0 Å². The van der Waals surface area contributed by atoms with E-state index >= 15 is 0 Å². The highest BCUT2D eigenvalue weighted by molar-refractivity contribution is 4.79. The van der Waals surface area contributed by atoms with Crippen LogP contribution in [0.2, 0.25) is 0 Å². The molecule has 0 saturated heterocycles. The number of aliphatic hydroxyl groups is 1. The molecular formula is C11H25NO2. The number of hydrogen-bond acceptors (Lipinski definition) is 3. The fourth-order valence-electron chi connectivity index (χ4n) is 1.22. The predicted octanol–water partition coefficient (Wildman–Crippen LogP) is 1.55. The van der Waals surface area contributed by atoms with Gasteiger partial charge >= 0.3 is 0 Å². The van der Waals surface area contributed by atoms with Gasteiger partial charge in [-0.3, -0.25) is 0 Å². The highest BCUT2D eigenvalue weighted by Crippen LogP contribution is 2.12. The van der Waals surface area contributed by atoms with Gasteiger partial charge in [0.1, 0.15) is 0 Å². The van der Waals surface area contributed by atoms with E-state index in [1.165, 1.54) is 0 Å². The van der Waals surface area contributed by atoms with Crippen molar-refractivity contribution in [1.82, 2.24) is 5.32 Å². The topological polar surface area (TPSA) is 41.5 Å². The summed E-state index contributed by atoms with van der Waals surface area (Å²) in [4.78, 5) is 0. The fourth-order valence-corrected chi connectivity index (χ4v) is 1.22. The van der Waals surface area contributed by atoms with Crippen molar-refractivity contribution >= 4 is 0 Å². The normalized spacial score (nSPS) is 14.4. The summed E-state index contributed by atoms with van der Waals surface area (Å²) in [6, 6.07) is 0.305. The first-order valence-electron chi connectivity index (χ1n) is 5.61. The quantitative estimate of drug-likeness (QED) is 0.629. The molecule has 0 amide bonds. The Balaban J connectivity index is 3.68. The maximum atomic E-state index is 10.00. The van der Waals surface area contributed by atoms with Crippen LogP contribution in [-0.4, -0.2) is 36.5 Å². The molecular weight excluding hydrogens is 178 g/mol. The summed E-state index contributed by atoms with van der Waals surface area (Å²) < 4.78 is 5.28. The highest BCUT2D eigenvalue weighted by atomic mass is 16.5. The molecule has 0 rings (SSSR count). The molecule has 0 heterocycles. The van der Waals surface area contributed by atoms with Crippen molar-refractivity contribution in [3.05, 3.63) is 0 Å². The molecule has 0 saturated carbocycles. The molecule has 1 atom stereocenters. The minimum atomic E-state index is -0.555. The molecule has 3 heteroatoms. The van der Waals surface area contributed by atoms with Gasteiger partial charge in [0.15, 0.2) is 0 Å².